The van der Waals surface area contributed by atoms with E-state index in [1.165, 1.54) is 24.8 Å². The van der Waals surface area contributed by atoms with Gasteiger partial charge in [-0.15, -0.1) is 10.2 Å². The van der Waals surface area contributed by atoms with E-state index in [4.69, 9.17) is 14.5 Å². The standard InChI is InChI=1S/C23H36N6O2/c1-4-24-23(26-17-22-28-27-21-11-7-6-8-15-29(21)22)25-14-9-10-18-12-13-19(30-3)20(16-18)31-5-2/h12-13,16H,4-11,14-15,17H2,1-3H3,(H2,24,25,26). The molecule has 1 aliphatic heterocycles. The molecule has 0 unspecified atom stereocenters. The molecule has 0 aliphatic carbocycles. The second-order valence-corrected chi connectivity index (χ2v) is 7.64. The Morgan fingerprint density at radius 3 is 2.84 bits per heavy atom. The number of methoxy groups -OCH3 is 1. The van der Waals surface area contributed by atoms with Crippen LogP contribution in [0.1, 0.15) is 56.7 Å². The van der Waals surface area contributed by atoms with E-state index >= 15 is 0 Å². The van der Waals surface area contributed by atoms with E-state index in [0.717, 1.165) is 68.0 Å². The van der Waals surface area contributed by atoms with Gasteiger partial charge in [0.1, 0.15) is 12.4 Å². The van der Waals surface area contributed by atoms with Gasteiger partial charge in [-0.3, -0.25) is 0 Å². The molecular formula is C23H36N6O2. The first-order valence-electron chi connectivity index (χ1n) is 11.5. The summed E-state index contributed by atoms with van der Waals surface area (Å²) < 4.78 is 13.3. The number of aromatic nitrogens is 3. The third kappa shape index (κ3) is 6.60. The maximum absolute atomic E-state index is 5.68. The van der Waals surface area contributed by atoms with E-state index < -0.39 is 0 Å². The second kappa shape index (κ2) is 12.2. The maximum atomic E-state index is 5.68. The van der Waals surface area contributed by atoms with Crippen LogP contribution in [0.15, 0.2) is 23.2 Å². The van der Waals surface area contributed by atoms with Crippen LogP contribution in [0.3, 0.4) is 0 Å². The molecule has 1 aliphatic rings. The number of guanidine groups is 1. The highest BCUT2D eigenvalue weighted by molar-refractivity contribution is 5.79. The normalized spacial score (nSPS) is 14.0. The predicted octanol–water partition coefficient (Wildman–Crippen LogP) is 3.10. The summed E-state index contributed by atoms with van der Waals surface area (Å²) in [5.41, 5.74) is 1.24. The van der Waals surface area contributed by atoms with Crippen LogP contribution < -0.4 is 20.1 Å². The highest BCUT2D eigenvalue weighted by Crippen LogP contribution is 2.28. The summed E-state index contributed by atoms with van der Waals surface area (Å²) in [6.07, 6.45) is 6.61. The van der Waals surface area contributed by atoms with Gasteiger partial charge in [0.05, 0.1) is 13.7 Å². The number of ether oxygens (including phenoxy) is 2. The van der Waals surface area contributed by atoms with E-state index in [9.17, 15) is 0 Å². The number of hydrogen-bond donors (Lipinski definition) is 2. The van der Waals surface area contributed by atoms with Crippen molar-refractivity contribution in [2.45, 2.75) is 65.5 Å². The molecule has 0 bridgehead atoms. The highest BCUT2D eigenvalue weighted by Gasteiger charge is 2.14. The number of aryl methyl sites for hydroxylation is 2. The molecule has 8 nitrogen and oxygen atoms in total. The monoisotopic (exact) mass is 428 g/mol. The molecule has 0 spiro atoms. The van der Waals surface area contributed by atoms with Gasteiger partial charge in [-0.1, -0.05) is 12.5 Å². The Kier molecular flexibility index (Phi) is 8.99. The van der Waals surface area contributed by atoms with Crippen molar-refractivity contribution >= 4 is 5.96 Å². The largest absolute Gasteiger partial charge is 0.493 e. The molecule has 2 heterocycles. The van der Waals surface area contributed by atoms with Crippen LogP contribution in [0.5, 0.6) is 11.5 Å². The molecule has 0 saturated carbocycles. The van der Waals surface area contributed by atoms with Crippen LogP contribution in [0.2, 0.25) is 0 Å². The van der Waals surface area contributed by atoms with Crippen molar-refractivity contribution < 1.29 is 9.47 Å². The van der Waals surface area contributed by atoms with Gasteiger partial charge in [-0.25, -0.2) is 4.99 Å². The van der Waals surface area contributed by atoms with Crippen molar-refractivity contribution in [1.82, 2.24) is 25.4 Å². The molecular weight excluding hydrogens is 392 g/mol. The minimum absolute atomic E-state index is 0.540. The zero-order valence-electron chi connectivity index (χ0n) is 19.1. The van der Waals surface area contributed by atoms with Crippen LogP contribution >= 0.6 is 0 Å². The van der Waals surface area contributed by atoms with Gasteiger partial charge in [0.25, 0.3) is 0 Å². The summed E-state index contributed by atoms with van der Waals surface area (Å²) in [5.74, 6) is 4.45. The SMILES string of the molecule is CCNC(=NCc1nnc2n1CCCCC2)NCCCc1ccc(OC)c(OCC)c1. The number of benzene rings is 1. The summed E-state index contributed by atoms with van der Waals surface area (Å²) >= 11 is 0. The molecule has 170 valence electrons. The van der Waals surface area contributed by atoms with E-state index in [1.54, 1.807) is 7.11 Å². The summed E-state index contributed by atoms with van der Waals surface area (Å²) in [7, 11) is 1.67. The molecule has 0 saturated heterocycles. The number of nitrogens with zero attached hydrogens (tertiary/aromatic N) is 4. The zero-order chi connectivity index (χ0) is 21.9. The Morgan fingerprint density at radius 2 is 2.03 bits per heavy atom. The molecule has 8 heteroatoms. The van der Waals surface area contributed by atoms with Crippen LogP contribution in [-0.2, 0) is 25.9 Å². The van der Waals surface area contributed by atoms with Crippen LogP contribution in [0, 0.1) is 0 Å². The Balaban J connectivity index is 1.52. The molecule has 0 radical (unpaired) electrons. The minimum Gasteiger partial charge on any atom is -0.493 e. The zero-order valence-corrected chi connectivity index (χ0v) is 19.1. The van der Waals surface area contributed by atoms with Crippen molar-refractivity contribution in [1.29, 1.82) is 0 Å². The highest BCUT2D eigenvalue weighted by atomic mass is 16.5. The Labute approximate surface area is 185 Å². The van der Waals surface area contributed by atoms with Crippen molar-refractivity contribution in [2.75, 3.05) is 26.8 Å². The Hall–Kier alpha value is -2.77. The van der Waals surface area contributed by atoms with E-state index in [2.05, 4.69) is 44.5 Å². The Morgan fingerprint density at radius 1 is 1.13 bits per heavy atom. The summed E-state index contributed by atoms with van der Waals surface area (Å²) in [4.78, 5) is 4.73. The van der Waals surface area contributed by atoms with Gasteiger partial charge in [-0.2, -0.15) is 0 Å². The van der Waals surface area contributed by atoms with Gasteiger partial charge in [0, 0.05) is 26.1 Å². The Bertz CT molecular complexity index is 849. The lowest BCUT2D eigenvalue weighted by molar-refractivity contribution is 0.310. The number of fused-ring (bicyclic) bond motifs is 1. The third-order valence-corrected chi connectivity index (χ3v) is 5.37. The molecule has 3 rings (SSSR count). The maximum Gasteiger partial charge on any atom is 0.191 e. The lowest BCUT2D eigenvalue weighted by atomic mass is 10.1. The number of aliphatic imine (C=N–C) groups is 1. The number of hydrogen-bond acceptors (Lipinski definition) is 5. The smallest absolute Gasteiger partial charge is 0.191 e. The fourth-order valence-electron chi connectivity index (χ4n) is 3.80. The average molecular weight is 429 g/mol. The molecule has 31 heavy (non-hydrogen) atoms. The number of nitrogens with one attached hydrogen (secondary N) is 2. The molecule has 2 aromatic rings. The topological polar surface area (TPSA) is 85.6 Å². The first-order valence-corrected chi connectivity index (χ1v) is 11.5. The fraction of sp³-hybridized carbons (Fsp3) is 0.609. The first kappa shape index (κ1) is 22.9. The summed E-state index contributed by atoms with van der Waals surface area (Å²) in [6.45, 7) is 7.88. The van der Waals surface area contributed by atoms with E-state index in [0.29, 0.717) is 13.2 Å². The average Bonchev–Trinajstić information content (AvgIpc) is 3.01. The lowest BCUT2D eigenvalue weighted by Crippen LogP contribution is -2.38. The van der Waals surface area contributed by atoms with Crippen molar-refractivity contribution in [3.63, 3.8) is 0 Å². The third-order valence-electron chi connectivity index (χ3n) is 5.37. The molecule has 1 aromatic carbocycles. The quantitative estimate of drug-likeness (QED) is 0.344. The van der Waals surface area contributed by atoms with E-state index in [-0.39, 0.29) is 0 Å². The minimum atomic E-state index is 0.540. The van der Waals surface area contributed by atoms with Gasteiger partial charge in [0.15, 0.2) is 23.3 Å². The first-order chi connectivity index (χ1) is 15.2. The summed E-state index contributed by atoms with van der Waals surface area (Å²) in [5, 5.41) is 15.5. The molecule has 0 amide bonds. The molecule has 1 aromatic heterocycles. The lowest BCUT2D eigenvalue weighted by Gasteiger charge is -2.13. The fourth-order valence-corrected chi connectivity index (χ4v) is 3.80. The number of rotatable bonds is 10. The van der Waals surface area contributed by atoms with Crippen molar-refractivity contribution in [3.05, 3.63) is 35.4 Å². The van der Waals surface area contributed by atoms with Crippen molar-refractivity contribution in [2.24, 2.45) is 4.99 Å². The molecule has 0 atom stereocenters. The van der Waals surface area contributed by atoms with Crippen molar-refractivity contribution in [3.8, 4) is 11.5 Å². The molecule has 0 fully saturated rings. The van der Waals surface area contributed by atoms with Crippen LogP contribution in [-0.4, -0.2) is 47.5 Å². The van der Waals surface area contributed by atoms with Crippen LogP contribution in [0.25, 0.3) is 0 Å². The van der Waals surface area contributed by atoms with E-state index in [1.807, 2.05) is 13.0 Å². The molecule has 2 N–H and O–H groups in total. The summed E-state index contributed by atoms with van der Waals surface area (Å²) in [6, 6.07) is 6.14. The predicted molar refractivity (Wildman–Crippen MR) is 123 cm³/mol. The van der Waals surface area contributed by atoms with Gasteiger partial charge in [0.2, 0.25) is 0 Å². The van der Waals surface area contributed by atoms with Gasteiger partial charge in [-0.05, 0) is 57.2 Å². The van der Waals surface area contributed by atoms with Gasteiger partial charge < -0.3 is 24.7 Å². The second-order valence-electron chi connectivity index (χ2n) is 7.64. The van der Waals surface area contributed by atoms with Gasteiger partial charge >= 0.3 is 0 Å². The van der Waals surface area contributed by atoms with Crippen LogP contribution in [0.4, 0.5) is 0 Å².